The topological polar surface area (TPSA) is 77.9 Å². The highest BCUT2D eigenvalue weighted by atomic mass is 32.2. The molecule has 0 spiro atoms. The summed E-state index contributed by atoms with van der Waals surface area (Å²) in [6.07, 6.45) is 6.30. The van der Waals surface area contributed by atoms with Gasteiger partial charge in [0.1, 0.15) is 5.75 Å². The Bertz CT molecular complexity index is 1260. The van der Waals surface area contributed by atoms with Crippen LogP contribution in [0.3, 0.4) is 0 Å². The van der Waals surface area contributed by atoms with Gasteiger partial charge in [-0.05, 0) is 73.2 Å². The first kappa shape index (κ1) is 25.9. The molecule has 36 heavy (non-hydrogen) atoms. The number of aromatic hydroxyl groups is 1. The molecule has 3 aromatic rings. The predicted octanol–water partition coefficient (Wildman–Crippen LogP) is 5.60. The van der Waals surface area contributed by atoms with Crippen molar-refractivity contribution >= 4 is 21.6 Å². The standard InChI is InChI=1S/C29H34N2O4S/c1-22-8-18-28(19-9-22)36(34,35)30(2)21-29(33)31(26-14-16-27(32)17-15-26)20-23-10-12-25(13-11-23)24-6-4-3-5-7-24/h8-19,24,32H,3-7,20-21H2,1-2H3. The number of benzene rings is 3. The van der Waals surface area contributed by atoms with Crippen molar-refractivity contribution in [2.45, 2.75) is 56.4 Å². The fourth-order valence-corrected chi connectivity index (χ4v) is 5.84. The normalized spacial score (nSPS) is 14.6. The van der Waals surface area contributed by atoms with Crippen molar-refractivity contribution in [3.8, 4) is 5.75 Å². The van der Waals surface area contributed by atoms with E-state index < -0.39 is 10.0 Å². The van der Waals surface area contributed by atoms with Gasteiger partial charge >= 0.3 is 0 Å². The maximum Gasteiger partial charge on any atom is 0.243 e. The molecule has 1 fully saturated rings. The third kappa shape index (κ3) is 6.15. The smallest absolute Gasteiger partial charge is 0.243 e. The Labute approximate surface area is 214 Å². The number of sulfonamides is 1. The zero-order valence-corrected chi connectivity index (χ0v) is 21.7. The van der Waals surface area contributed by atoms with E-state index in [9.17, 15) is 18.3 Å². The number of anilines is 1. The van der Waals surface area contributed by atoms with Crippen molar-refractivity contribution < 1.29 is 18.3 Å². The predicted molar refractivity (Wildman–Crippen MR) is 143 cm³/mol. The molecule has 0 atom stereocenters. The number of likely N-dealkylation sites (N-methyl/N-ethyl adjacent to an activating group) is 1. The number of hydrogen-bond donors (Lipinski definition) is 1. The fraction of sp³-hybridized carbons (Fsp3) is 0.345. The summed E-state index contributed by atoms with van der Waals surface area (Å²) in [6, 6.07) is 21.4. The van der Waals surface area contributed by atoms with Crippen LogP contribution >= 0.6 is 0 Å². The summed E-state index contributed by atoms with van der Waals surface area (Å²) in [4.78, 5) is 15.2. The third-order valence-electron chi connectivity index (χ3n) is 6.95. The Morgan fingerprint density at radius 3 is 2.11 bits per heavy atom. The van der Waals surface area contributed by atoms with Crippen LogP contribution in [0.1, 0.15) is 54.7 Å². The first-order valence-corrected chi connectivity index (χ1v) is 13.9. The lowest BCUT2D eigenvalue weighted by atomic mass is 9.84. The summed E-state index contributed by atoms with van der Waals surface area (Å²) < 4.78 is 27.2. The molecule has 0 saturated heterocycles. The molecule has 7 heteroatoms. The van der Waals surface area contributed by atoms with Gasteiger partial charge in [-0.15, -0.1) is 0 Å². The second kappa shape index (κ2) is 11.3. The monoisotopic (exact) mass is 506 g/mol. The van der Waals surface area contributed by atoms with Crippen LogP contribution in [0.25, 0.3) is 0 Å². The highest BCUT2D eigenvalue weighted by molar-refractivity contribution is 7.89. The van der Waals surface area contributed by atoms with Crippen molar-refractivity contribution in [3.63, 3.8) is 0 Å². The van der Waals surface area contributed by atoms with Gasteiger partial charge in [0.2, 0.25) is 15.9 Å². The van der Waals surface area contributed by atoms with Gasteiger partial charge in [0.25, 0.3) is 0 Å². The van der Waals surface area contributed by atoms with Crippen LogP contribution in [0, 0.1) is 6.92 Å². The Morgan fingerprint density at radius 1 is 0.889 bits per heavy atom. The first-order chi connectivity index (χ1) is 17.2. The van der Waals surface area contributed by atoms with E-state index >= 15 is 0 Å². The molecule has 1 aliphatic rings. The highest BCUT2D eigenvalue weighted by Crippen LogP contribution is 2.33. The van der Waals surface area contributed by atoms with Gasteiger partial charge < -0.3 is 10.0 Å². The molecule has 1 N–H and O–H groups in total. The van der Waals surface area contributed by atoms with Crippen LogP contribution in [0.2, 0.25) is 0 Å². The van der Waals surface area contributed by atoms with Crippen LogP contribution in [0.4, 0.5) is 5.69 Å². The van der Waals surface area contributed by atoms with Crippen LogP contribution in [0.5, 0.6) is 5.75 Å². The summed E-state index contributed by atoms with van der Waals surface area (Å²) >= 11 is 0. The van der Waals surface area contributed by atoms with E-state index in [1.165, 1.54) is 56.8 Å². The molecule has 0 aliphatic heterocycles. The quantitative estimate of drug-likeness (QED) is 0.431. The summed E-state index contributed by atoms with van der Waals surface area (Å²) in [5.74, 6) is 0.348. The second-order valence-electron chi connectivity index (χ2n) is 9.65. The molecule has 4 rings (SSSR count). The van der Waals surface area contributed by atoms with Crippen LogP contribution < -0.4 is 4.90 Å². The van der Waals surface area contributed by atoms with Crippen molar-refractivity contribution in [1.29, 1.82) is 0 Å². The third-order valence-corrected chi connectivity index (χ3v) is 8.76. The molecular weight excluding hydrogens is 472 g/mol. The van der Waals surface area contributed by atoms with Gasteiger partial charge in [0.15, 0.2) is 0 Å². The van der Waals surface area contributed by atoms with Crippen LogP contribution in [-0.4, -0.2) is 37.3 Å². The number of nitrogens with zero attached hydrogens (tertiary/aromatic N) is 2. The van der Waals surface area contributed by atoms with E-state index in [0.29, 0.717) is 18.2 Å². The van der Waals surface area contributed by atoms with E-state index in [-0.39, 0.29) is 23.1 Å². The minimum absolute atomic E-state index is 0.0991. The summed E-state index contributed by atoms with van der Waals surface area (Å²) in [5.41, 5.74) is 3.85. The lowest BCUT2D eigenvalue weighted by Crippen LogP contribution is -2.41. The Kier molecular flexibility index (Phi) is 8.11. The van der Waals surface area contributed by atoms with Gasteiger partial charge in [0.05, 0.1) is 18.0 Å². The SMILES string of the molecule is Cc1ccc(S(=O)(=O)N(C)CC(=O)N(Cc2ccc(C3CCCCC3)cc2)c2ccc(O)cc2)cc1. The van der Waals surface area contributed by atoms with Crippen molar-refractivity contribution in [3.05, 3.63) is 89.5 Å². The second-order valence-corrected chi connectivity index (χ2v) is 11.7. The van der Waals surface area contributed by atoms with Gasteiger partial charge in [-0.3, -0.25) is 4.79 Å². The minimum atomic E-state index is -3.82. The number of phenolic OH excluding ortho intramolecular Hbond substituents is 1. The molecule has 190 valence electrons. The molecule has 1 aliphatic carbocycles. The molecule has 0 aromatic heterocycles. The van der Waals surface area contributed by atoms with Gasteiger partial charge in [-0.2, -0.15) is 4.31 Å². The van der Waals surface area contributed by atoms with Crippen molar-refractivity contribution in [2.24, 2.45) is 0 Å². The van der Waals surface area contributed by atoms with Gasteiger partial charge in [-0.25, -0.2) is 8.42 Å². The fourth-order valence-electron chi connectivity index (χ4n) is 4.72. The molecule has 0 heterocycles. The van der Waals surface area contributed by atoms with E-state index in [4.69, 9.17) is 0 Å². The maximum absolute atomic E-state index is 13.4. The number of phenols is 1. The molecule has 3 aromatic carbocycles. The lowest BCUT2D eigenvalue weighted by molar-refractivity contribution is -0.118. The number of carbonyl (C=O) groups is 1. The largest absolute Gasteiger partial charge is 0.508 e. The average molecular weight is 507 g/mol. The molecule has 6 nitrogen and oxygen atoms in total. The van der Waals surface area contributed by atoms with E-state index in [1.54, 1.807) is 41.3 Å². The number of carbonyl (C=O) groups excluding carboxylic acids is 1. The Morgan fingerprint density at radius 2 is 1.50 bits per heavy atom. The van der Waals surface area contributed by atoms with E-state index in [0.717, 1.165) is 15.4 Å². The first-order valence-electron chi connectivity index (χ1n) is 12.5. The van der Waals surface area contributed by atoms with Crippen molar-refractivity contribution in [1.82, 2.24) is 4.31 Å². The number of aryl methyl sites for hydroxylation is 1. The summed E-state index contributed by atoms with van der Waals surface area (Å²) in [7, 11) is -2.40. The molecule has 1 amide bonds. The van der Waals surface area contributed by atoms with E-state index in [2.05, 4.69) is 24.3 Å². The average Bonchev–Trinajstić information content (AvgIpc) is 2.89. The molecular formula is C29H34N2O4S. The molecule has 0 radical (unpaired) electrons. The minimum Gasteiger partial charge on any atom is -0.508 e. The van der Waals surface area contributed by atoms with Crippen molar-refractivity contribution in [2.75, 3.05) is 18.5 Å². The summed E-state index contributed by atoms with van der Waals surface area (Å²) in [6.45, 7) is 1.88. The highest BCUT2D eigenvalue weighted by Gasteiger charge is 2.26. The maximum atomic E-state index is 13.4. The van der Waals surface area contributed by atoms with Crippen LogP contribution in [-0.2, 0) is 21.4 Å². The van der Waals surface area contributed by atoms with Gasteiger partial charge in [0, 0.05) is 12.7 Å². The Balaban J connectivity index is 1.53. The zero-order valence-electron chi connectivity index (χ0n) is 20.9. The molecule has 1 saturated carbocycles. The Hall–Kier alpha value is -3.16. The zero-order chi connectivity index (χ0) is 25.7. The molecule has 0 bridgehead atoms. The molecule has 0 unspecified atom stereocenters. The van der Waals surface area contributed by atoms with Crippen LogP contribution in [0.15, 0.2) is 77.7 Å². The number of rotatable bonds is 8. The summed E-state index contributed by atoms with van der Waals surface area (Å²) in [5, 5.41) is 9.73. The lowest BCUT2D eigenvalue weighted by Gasteiger charge is -2.26. The van der Waals surface area contributed by atoms with Gasteiger partial charge in [-0.1, -0.05) is 61.2 Å². The van der Waals surface area contributed by atoms with E-state index in [1.807, 2.05) is 6.92 Å². The number of amides is 1. The number of hydrogen-bond acceptors (Lipinski definition) is 4.